The summed E-state index contributed by atoms with van der Waals surface area (Å²) in [6.45, 7) is 0.603. The number of nitrogens with two attached hydrogens (primary N) is 1. The van der Waals surface area contributed by atoms with Crippen LogP contribution in [0.3, 0.4) is 0 Å². The van der Waals surface area contributed by atoms with Crippen LogP contribution in [0.5, 0.6) is 0 Å². The number of fused-ring (bicyclic) bond motifs is 1. The lowest BCUT2D eigenvalue weighted by Gasteiger charge is -2.32. The molecule has 33 heavy (non-hydrogen) atoms. The number of rotatable bonds is 6. The van der Waals surface area contributed by atoms with Crippen molar-refractivity contribution in [3.8, 4) is 0 Å². The number of nitrogens with one attached hydrogen (secondary N) is 1. The van der Waals surface area contributed by atoms with Crippen molar-refractivity contribution in [2.75, 3.05) is 29.9 Å². The van der Waals surface area contributed by atoms with Gasteiger partial charge < -0.3 is 16.0 Å². The van der Waals surface area contributed by atoms with Crippen LogP contribution in [0.15, 0.2) is 36.5 Å². The number of carbonyl (C=O) groups excluding carboxylic acids is 4. The molecular formula is C21H20N6O6. The number of nitrogens with zero attached hydrogens (tertiary/aromatic N) is 4. The van der Waals surface area contributed by atoms with Gasteiger partial charge in [0.05, 0.1) is 28.3 Å². The van der Waals surface area contributed by atoms with E-state index in [1.165, 1.54) is 18.3 Å². The van der Waals surface area contributed by atoms with Gasteiger partial charge in [-0.3, -0.25) is 34.2 Å². The summed E-state index contributed by atoms with van der Waals surface area (Å²) in [4.78, 5) is 66.4. The molecule has 0 bridgehead atoms. The number of hydrogen-bond acceptors (Lipinski definition) is 8. The Morgan fingerprint density at radius 3 is 2.67 bits per heavy atom. The van der Waals surface area contributed by atoms with Gasteiger partial charge in [0.25, 0.3) is 17.5 Å². The zero-order valence-corrected chi connectivity index (χ0v) is 17.4. The highest BCUT2D eigenvalue weighted by molar-refractivity contribution is 6.24. The van der Waals surface area contributed by atoms with Crippen LogP contribution in [-0.4, -0.2) is 58.1 Å². The number of aromatic nitrogens is 1. The van der Waals surface area contributed by atoms with Crippen molar-refractivity contribution in [2.24, 2.45) is 11.7 Å². The van der Waals surface area contributed by atoms with Crippen molar-refractivity contribution in [1.82, 2.24) is 9.88 Å². The van der Waals surface area contributed by atoms with E-state index in [4.69, 9.17) is 5.73 Å². The molecule has 1 saturated heterocycles. The second-order valence-corrected chi connectivity index (χ2v) is 7.79. The van der Waals surface area contributed by atoms with E-state index in [9.17, 15) is 29.3 Å². The molecule has 2 aliphatic rings. The van der Waals surface area contributed by atoms with Gasteiger partial charge in [-0.1, -0.05) is 6.07 Å². The smallest absolute Gasteiger partial charge is 0.282 e. The van der Waals surface area contributed by atoms with Gasteiger partial charge in [-0.2, -0.15) is 0 Å². The molecule has 1 fully saturated rings. The Kier molecular flexibility index (Phi) is 5.73. The molecule has 170 valence electrons. The number of anilines is 2. The summed E-state index contributed by atoms with van der Waals surface area (Å²) in [5.41, 5.74) is 4.84. The van der Waals surface area contributed by atoms with Crippen molar-refractivity contribution in [1.29, 1.82) is 0 Å². The number of nitro groups is 1. The summed E-state index contributed by atoms with van der Waals surface area (Å²) in [7, 11) is 0. The summed E-state index contributed by atoms with van der Waals surface area (Å²) in [6.07, 6.45) is 2.97. The van der Waals surface area contributed by atoms with Crippen LogP contribution < -0.4 is 16.0 Å². The van der Waals surface area contributed by atoms with E-state index in [0.29, 0.717) is 22.9 Å². The fraction of sp³-hybridized carbons (Fsp3) is 0.286. The molecule has 12 nitrogen and oxygen atoms in total. The van der Waals surface area contributed by atoms with E-state index >= 15 is 0 Å². The van der Waals surface area contributed by atoms with Crippen LogP contribution >= 0.6 is 0 Å². The third-order valence-electron chi connectivity index (χ3n) is 5.65. The zero-order chi connectivity index (χ0) is 23.7. The summed E-state index contributed by atoms with van der Waals surface area (Å²) >= 11 is 0. The lowest BCUT2D eigenvalue weighted by atomic mass is 9.97. The van der Waals surface area contributed by atoms with E-state index in [1.807, 2.05) is 4.90 Å². The molecular weight excluding hydrogens is 432 g/mol. The van der Waals surface area contributed by atoms with Crippen LogP contribution in [0.25, 0.3) is 0 Å². The number of amides is 4. The van der Waals surface area contributed by atoms with E-state index < -0.39 is 34.9 Å². The standard InChI is InChI=1S/C21H20N6O6/c22-19(29)12-3-2-8-25(10-12)16-7-6-13(9-23-16)24-17(28)11-26-20(30)14-4-1-5-15(27(32)33)18(14)21(26)31/h1,4-7,9,12H,2-3,8,10-11H2,(H2,22,29)(H,24,28). The van der Waals surface area contributed by atoms with Crippen LogP contribution in [0.4, 0.5) is 17.2 Å². The summed E-state index contributed by atoms with van der Waals surface area (Å²) in [5, 5.41) is 13.7. The highest BCUT2D eigenvalue weighted by Gasteiger charge is 2.41. The van der Waals surface area contributed by atoms with Gasteiger partial charge in [-0.15, -0.1) is 0 Å². The van der Waals surface area contributed by atoms with Crippen molar-refractivity contribution >= 4 is 40.8 Å². The highest BCUT2D eigenvalue weighted by Crippen LogP contribution is 2.30. The summed E-state index contributed by atoms with van der Waals surface area (Å²) in [5.74, 6) is -2.27. The van der Waals surface area contributed by atoms with Crippen molar-refractivity contribution in [2.45, 2.75) is 12.8 Å². The Bertz CT molecular complexity index is 1160. The monoisotopic (exact) mass is 452 g/mol. The molecule has 1 unspecified atom stereocenters. The predicted molar refractivity (Wildman–Crippen MR) is 115 cm³/mol. The fourth-order valence-corrected chi connectivity index (χ4v) is 4.02. The maximum absolute atomic E-state index is 12.6. The molecule has 2 aliphatic heterocycles. The minimum Gasteiger partial charge on any atom is -0.369 e. The average molecular weight is 452 g/mol. The Morgan fingerprint density at radius 2 is 2.00 bits per heavy atom. The van der Waals surface area contributed by atoms with Gasteiger partial charge in [0.2, 0.25) is 11.8 Å². The van der Waals surface area contributed by atoms with Crippen LogP contribution in [0, 0.1) is 16.0 Å². The molecule has 1 atom stereocenters. The van der Waals surface area contributed by atoms with E-state index in [1.54, 1.807) is 12.1 Å². The quantitative estimate of drug-likeness (QED) is 0.370. The number of hydrogen-bond donors (Lipinski definition) is 2. The molecule has 3 heterocycles. The van der Waals surface area contributed by atoms with Crippen LogP contribution in [0.2, 0.25) is 0 Å². The highest BCUT2D eigenvalue weighted by atomic mass is 16.6. The Morgan fingerprint density at radius 1 is 1.21 bits per heavy atom. The third kappa shape index (κ3) is 4.22. The number of carbonyl (C=O) groups is 4. The topological polar surface area (TPSA) is 169 Å². The number of benzene rings is 1. The molecule has 1 aromatic carbocycles. The largest absolute Gasteiger partial charge is 0.369 e. The first-order chi connectivity index (χ1) is 15.8. The molecule has 2 aromatic rings. The summed E-state index contributed by atoms with van der Waals surface area (Å²) in [6, 6.07) is 7.06. The molecule has 0 aliphatic carbocycles. The Labute approximate surface area is 187 Å². The van der Waals surface area contributed by atoms with Gasteiger partial charge >= 0.3 is 0 Å². The minimum atomic E-state index is -0.889. The van der Waals surface area contributed by atoms with Crippen molar-refractivity contribution < 1.29 is 24.1 Å². The fourth-order valence-electron chi connectivity index (χ4n) is 4.02. The number of pyridine rings is 1. The second kappa shape index (κ2) is 8.65. The van der Waals surface area contributed by atoms with Crippen molar-refractivity contribution in [3.63, 3.8) is 0 Å². The Hall–Kier alpha value is -4.35. The van der Waals surface area contributed by atoms with E-state index in [0.717, 1.165) is 25.5 Å². The van der Waals surface area contributed by atoms with E-state index in [-0.39, 0.29) is 23.0 Å². The first-order valence-electron chi connectivity index (χ1n) is 10.2. The van der Waals surface area contributed by atoms with E-state index in [2.05, 4.69) is 10.3 Å². The second-order valence-electron chi connectivity index (χ2n) is 7.79. The first kappa shape index (κ1) is 21.9. The van der Waals surface area contributed by atoms with Gasteiger partial charge in [0.1, 0.15) is 17.9 Å². The molecule has 0 spiro atoms. The van der Waals surface area contributed by atoms with Crippen molar-refractivity contribution in [3.05, 3.63) is 57.8 Å². The van der Waals surface area contributed by atoms with Gasteiger partial charge in [-0.05, 0) is 31.0 Å². The maximum atomic E-state index is 12.6. The molecule has 4 rings (SSSR count). The normalized spacial score (nSPS) is 17.6. The van der Waals surface area contributed by atoms with Crippen LogP contribution in [-0.2, 0) is 9.59 Å². The third-order valence-corrected chi connectivity index (χ3v) is 5.65. The lowest BCUT2D eigenvalue weighted by molar-refractivity contribution is -0.385. The summed E-state index contributed by atoms with van der Waals surface area (Å²) < 4.78 is 0. The van der Waals surface area contributed by atoms with Gasteiger partial charge in [0, 0.05) is 19.2 Å². The number of nitro benzene ring substituents is 1. The van der Waals surface area contributed by atoms with Gasteiger partial charge in [-0.25, -0.2) is 4.98 Å². The SMILES string of the molecule is NC(=O)C1CCCN(c2ccc(NC(=O)CN3C(=O)c4cccc([N+](=O)[O-])c4C3=O)cn2)C1. The predicted octanol–water partition coefficient (Wildman–Crippen LogP) is 0.926. The molecule has 4 amide bonds. The molecule has 3 N–H and O–H groups in total. The maximum Gasteiger partial charge on any atom is 0.282 e. The minimum absolute atomic E-state index is 0.108. The first-order valence-corrected chi connectivity index (χ1v) is 10.2. The molecule has 0 radical (unpaired) electrons. The molecule has 0 saturated carbocycles. The number of primary amides is 1. The number of piperidine rings is 1. The van der Waals surface area contributed by atoms with Crippen LogP contribution in [0.1, 0.15) is 33.6 Å². The Balaban J connectivity index is 1.41. The molecule has 12 heteroatoms. The zero-order valence-electron chi connectivity index (χ0n) is 17.4. The lowest BCUT2D eigenvalue weighted by Crippen LogP contribution is -2.41. The average Bonchev–Trinajstić information content (AvgIpc) is 3.04. The molecule has 1 aromatic heterocycles. The van der Waals surface area contributed by atoms with Gasteiger partial charge in [0.15, 0.2) is 0 Å². The number of imide groups is 1.